The predicted octanol–water partition coefficient (Wildman–Crippen LogP) is 2.37. The Labute approximate surface area is 151 Å². The molecule has 0 saturated carbocycles. The Kier molecular flexibility index (Phi) is 4.24. The number of carbonyl (C=O) groups is 1. The van der Waals surface area contributed by atoms with E-state index < -0.39 is 0 Å². The van der Waals surface area contributed by atoms with Crippen LogP contribution in [0.5, 0.6) is 0 Å². The Morgan fingerprint density at radius 3 is 2.88 bits per heavy atom. The van der Waals surface area contributed by atoms with Gasteiger partial charge in [0.15, 0.2) is 5.82 Å². The lowest BCUT2D eigenvalue weighted by molar-refractivity contribution is 0.0729. The number of likely N-dealkylation sites (tertiary alicyclic amines) is 1. The van der Waals surface area contributed by atoms with E-state index in [1.807, 2.05) is 35.6 Å². The van der Waals surface area contributed by atoms with E-state index in [-0.39, 0.29) is 11.9 Å². The molecule has 0 bridgehead atoms. The highest BCUT2D eigenvalue weighted by Gasteiger charge is 2.34. The molecule has 134 valence electrons. The van der Waals surface area contributed by atoms with Gasteiger partial charge in [-0.05, 0) is 38.8 Å². The SMILES string of the molecule is CCn1ncc(C(=O)N2CCCC2c2nc(-c3ccncc3)n[nH]2)c1C. The molecule has 4 rings (SSSR count). The van der Waals surface area contributed by atoms with Gasteiger partial charge in [-0.1, -0.05) is 0 Å². The van der Waals surface area contributed by atoms with E-state index >= 15 is 0 Å². The van der Waals surface area contributed by atoms with Crippen molar-refractivity contribution in [3.8, 4) is 11.4 Å². The number of pyridine rings is 1. The van der Waals surface area contributed by atoms with E-state index in [1.165, 1.54) is 0 Å². The van der Waals surface area contributed by atoms with Gasteiger partial charge in [0.1, 0.15) is 5.82 Å². The van der Waals surface area contributed by atoms with Gasteiger partial charge in [-0.2, -0.15) is 10.2 Å². The van der Waals surface area contributed by atoms with Gasteiger partial charge in [0.2, 0.25) is 0 Å². The number of hydrogen-bond acceptors (Lipinski definition) is 5. The summed E-state index contributed by atoms with van der Waals surface area (Å²) in [7, 11) is 0. The fraction of sp³-hybridized carbons (Fsp3) is 0.389. The largest absolute Gasteiger partial charge is 0.328 e. The molecule has 8 nitrogen and oxygen atoms in total. The molecule has 0 aliphatic carbocycles. The van der Waals surface area contributed by atoms with E-state index in [0.717, 1.165) is 36.5 Å². The average Bonchev–Trinajstić information content (AvgIpc) is 3.40. The molecule has 3 aromatic rings. The van der Waals surface area contributed by atoms with Crippen LogP contribution < -0.4 is 0 Å². The summed E-state index contributed by atoms with van der Waals surface area (Å²) in [5.41, 5.74) is 2.46. The van der Waals surface area contributed by atoms with Crippen LogP contribution in [0.15, 0.2) is 30.7 Å². The van der Waals surface area contributed by atoms with Crippen molar-refractivity contribution in [1.82, 2.24) is 34.8 Å². The van der Waals surface area contributed by atoms with Gasteiger partial charge in [0.05, 0.1) is 17.8 Å². The molecule has 1 aliphatic rings. The normalized spacial score (nSPS) is 17.0. The Morgan fingerprint density at radius 1 is 1.35 bits per heavy atom. The van der Waals surface area contributed by atoms with Crippen LogP contribution in [0.1, 0.15) is 47.7 Å². The number of aryl methyl sites for hydroxylation is 1. The summed E-state index contributed by atoms with van der Waals surface area (Å²) >= 11 is 0. The summed E-state index contributed by atoms with van der Waals surface area (Å²) in [6, 6.07) is 3.65. The summed E-state index contributed by atoms with van der Waals surface area (Å²) in [6.07, 6.45) is 6.91. The Bertz CT molecular complexity index is 915. The van der Waals surface area contributed by atoms with Gasteiger partial charge in [-0.25, -0.2) is 4.98 Å². The van der Waals surface area contributed by atoms with Crippen LogP contribution >= 0.6 is 0 Å². The van der Waals surface area contributed by atoms with Crippen molar-refractivity contribution < 1.29 is 4.79 Å². The number of amides is 1. The topological polar surface area (TPSA) is 92.6 Å². The van der Waals surface area contributed by atoms with Gasteiger partial charge in [0.25, 0.3) is 5.91 Å². The molecule has 1 unspecified atom stereocenters. The Hall–Kier alpha value is -3.03. The summed E-state index contributed by atoms with van der Waals surface area (Å²) in [5.74, 6) is 1.35. The molecule has 1 saturated heterocycles. The Morgan fingerprint density at radius 2 is 2.15 bits per heavy atom. The molecule has 1 fully saturated rings. The number of nitrogens with zero attached hydrogens (tertiary/aromatic N) is 6. The van der Waals surface area contributed by atoms with Gasteiger partial charge in [-0.15, -0.1) is 0 Å². The molecule has 1 atom stereocenters. The van der Waals surface area contributed by atoms with Gasteiger partial charge >= 0.3 is 0 Å². The number of carbonyl (C=O) groups excluding carboxylic acids is 1. The summed E-state index contributed by atoms with van der Waals surface area (Å²) in [4.78, 5) is 23.6. The van der Waals surface area contributed by atoms with Crippen LogP contribution in [0.4, 0.5) is 0 Å². The number of nitrogens with one attached hydrogen (secondary N) is 1. The number of aromatic nitrogens is 6. The van der Waals surface area contributed by atoms with Crippen molar-refractivity contribution in [2.45, 2.75) is 39.3 Å². The zero-order valence-electron chi connectivity index (χ0n) is 14.9. The second-order valence-corrected chi connectivity index (χ2v) is 6.40. The maximum Gasteiger partial charge on any atom is 0.257 e. The number of rotatable bonds is 4. The first-order valence-electron chi connectivity index (χ1n) is 8.85. The molecule has 1 amide bonds. The highest BCUT2D eigenvalue weighted by atomic mass is 16.2. The maximum atomic E-state index is 13.1. The summed E-state index contributed by atoms with van der Waals surface area (Å²) < 4.78 is 1.84. The van der Waals surface area contributed by atoms with Crippen LogP contribution in [-0.4, -0.2) is 47.3 Å². The second kappa shape index (κ2) is 6.70. The van der Waals surface area contributed by atoms with E-state index in [4.69, 9.17) is 0 Å². The van der Waals surface area contributed by atoms with Crippen LogP contribution in [0, 0.1) is 6.92 Å². The standard InChI is InChI=1S/C18H21N7O/c1-3-25-12(2)14(11-20-25)18(26)24-10-4-5-15(24)17-21-16(22-23-17)13-6-8-19-9-7-13/h6-9,11,15H,3-5,10H2,1-2H3,(H,21,22,23). The minimum Gasteiger partial charge on any atom is -0.328 e. The highest BCUT2D eigenvalue weighted by Crippen LogP contribution is 2.32. The first kappa shape index (κ1) is 16.4. The fourth-order valence-electron chi connectivity index (χ4n) is 3.48. The molecular weight excluding hydrogens is 330 g/mol. The minimum absolute atomic E-state index is 0.00608. The smallest absolute Gasteiger partial charge is 0.257 e. The molecule has 1 aliphatic heterocycles. The van der Waals surface area contributed by atoms with Crippen molar-refractivity contribution in [1.29, 1.82) is 0 Å². The predicted molar refractivity (Wildman–Crippen MR) is 95.3 cm³/mol. The summed E-state index contributed by atoms with van der Waals surface area (Å²) in [5, 5.41) is 11.6. The van der Waals surface area contributed by atoms with E-state index in [0.29, 0.717) is 17.9 Å². The fourth-order valence-corrected chi connectivity index (χ4v) is 3.48. The molecule has 0 aromatic carbocycles. The second-order valence-electron chi connectivity index (χ2n) is 6.40. The van der Waals surface area contributed by atoms with E-state index in [1.54, 1.807) is 18.6 Å². The maximum absolute atomic E-state index is 13.1. The third-order valence-electron chi connectivity index (χ3n) is 4.90. The van der Waals surface area contributed by atoms with Crippen LogP contribution in [0.2, 0.25) is 0 Å². The van der Waals surface area contributed by atoms with Crippen molar-refractivity contribution in [3.63, 3.8) is 0 Å². The van der Waals surface area contributed by atoms with E-state index in [2.05, 4.69) is 25.3 Å². The van der Waals surface area contributed by atoms with Crippen molar-refractivity contribution in [3.05, 3.63) is 47.8 Å². The van der Waals surface area contributed by atoms with Gasteiger partial charge < -0.3 is 4.90 Å². The van der Waals surface area contributed by atoms with Crippen LogP contribution in [-0.2, 0) is 6.54 Å². The number of hydrogen-bond donors (Lipinski definition) is 1. The molecule has 3 aromatic heterocycles. The first-order chi connectivity index (χ1) is 12.7. The third-order valence-corrected chi connectivity index (χ3v) is 4.90. The van der Waals surface area contributed by atoms with Crippen LogP contribution in [0.3, 0.4) is 0 Å². The quantitative estimate of drug-likeness (QED) is 0.779. The average molecular weight is 351 g/mol. The first-order valence-corrected chi connectivity index (χ1v) is 8.85. The molecule has 26 heavy (non-hydrogen) atoms. The van der Waals surface area contributed by atoms with Crippen molar-refractivity contribution in [2.75, 3.05) is 6.54 Å². The van der Waals surface area contributed by atoms with Gasteiger partial charge in [0, 0.05) is 36.7 Å². The molecule has 1 N–H and O–H groups in total. The lowest BCUT2D eigenvalue weighted by atomic mass is 10.1. The number of H-pyrrole nitrogens is 1. The summed E-state index contributed by atoms with van der Waals surface area (Å²) in [6.45, 7) is 5.42. The van der Waals surface area contributed by atoms with Gasteiger partial charge in [-0.3, -0.25) is 19.6 Å². The highest BCUT2D eigenvalue weighted by molar-refractivity contribution is 5.95. The monoisotopic (exact) mass is 351 g/mol. The molecule has 8 heteroatoms. The third kappa shape index (κ3) is 2.77. The number of aromatic amines is 1. The van der Waals surface area contributed by atoms with E-state index in [9.17, 15) is 4.79 Å². The van der Waals surface area contributed by atoms with Crippen molar-refractivity contribution in [2.24, 2.45) is 0 Å². The Balaban J connectivity index is 1.60. The zero-order chi connectivity index (χ0) is 18.1. The lowest BCUT2D eigenvalue weighted by Gasteiger charge is -2.22. The minimum atomic E-state index is -0.0880. The van der Waals surface area contributed by atoms with Crippen LogP contribution in [0.25, 0.3) is 11.4 Å². The molecule has 0 spiro atoms. The molecular formula is C18H21N7O. The lowest BCUT2D eigenvalue weighted by Crippen LogP contribution is -2.31. The van der Waals surface area contributed by atoms with Crippen molar-refractivity contribution >= 4 is 5.91 Å². The molecule has 0 radical (unpaired) electrons. The molecule has 4 heterocycles. The zero-order valence-corrected chi connectivity index (χ0v) is 14.9.